The van der Waals surface area contributed by atoms with Crippen LogP contribution in [-0.4, -0.2) is 21.2 Å². The minimum Gasteiger partial charge on any atom is -0.298 e. The van der Waals surface area contributed by atoms with Gasteiger partial charge in [0.1, 0.15) is 16.7 Å². The molecule has 0 spiro atoms. The number of halogens is 1. The molecule has 4 nitrogen and oxygen atoms in total. The van der Waals surface area contributed by atoms with Crippen LogP contribution < -0.4 is 0 Å². The Morgan fingerprint density at radius 1 is 1.05 bits per heavy atom. The lowest BCUT2D eigenvalue weighted by atomic mass is 10.1. The number of hydrogen-bond donors (Lipinski definition) is 0. The summed E-state index contributed by atoms with van der Waals surface area (Å²) in [5.74, 6) is 0.505. The van der Waals surface area contributed by atoms with Crippen LogP contribution in [0.4, 0.5) is 0 Å². The van der Waals surface area contributed by atoms with Gasteiger partial charge < -0.3 is 0 Å². The third-order valence-electron chi connectivity index (χ3n) is 2.97. The highest BCUT2D eigenvalue weighted by Crippen LogP contribution is 2.25. The monoisotopic (exact) mass is 283 g/mol. The molecule has 98 valence electrons. The van der Waals surface area contributed by atoms with Gasteiger partial charge in [-0.2, -0.15) is 0 Å². The maximum absolute atomic E-state index is 11.2. The molecule has 0 aliphatic carbocycles. The van der Waals surface area contributed by atoms with E-state index < -0.39 is 0 Å². The number of aldehydes is 1. The van der Waals surface area contributed by atoms with Gasteiger partial charge in [-0.05, 0) is 19.1 Å². The molecule has 3 rings (SSSR count). The van der Waals surface area contributed by atoms with Crippen molar-refractivity contribution in [1.82, 2.24) is 15.0 Å². The fourth-order valence-corrected chi connectivity index (χ4v) is 2.30. The van der Waals surface area contributed by atoms with Crippen molar-refractivity contribution in [1.29, 1.82) is 0 Å². The molecule has 0 radical (unpaired) electrons. The molecule has 0 saturated heterocycles. The highest BCUT2D eigenvalue weighted by atomic mass is 35.5. The lowest BCUT2D eigenvalue weighted by Crippen LogP contribution is -2.00. The zero-order chi connectivity index (χ0) is 14.1. The number of hydrogen-bond acceptors (Lipinski definition) is 4. The number of aryl methyl sites for hydroxylation is 1. The topological polar surface area (TPSA) is 55.7 Å². The van der Waals surface area contributed by atoms with Gasteiger partial charge in [-0.1, -0.05) is 35.9 Å². The number of benzene rings is 1. The van der Waals surface area contributed by atoms with E-state index in [2.05, 4.69) is 15.0 Å². The normalized spacial score (nSPS) is 10.7. The number of aromatic nitrogens is 3. The van der Waals surface area contributed by atoms with Crippen molar-refractivity contribution < 1.29 is 4.79 Å². The quantitative estimate of drug-likeness (QED) is 0.534. The Morgan fingerprint density at radius 3 is 2.65 bits per heavy atom. The van der Waals surface area contributed by atoms with Crippen molar-refractivity contribution in [3.05, 3.63) is 52.9 Å². The van der Waals surface area contributed by atoms with Crippen LogP contribution in [0.15, 0.2) is 36.4 Å². The summed E-state index contributed by atoms with van der Waals surface area (Å²) < 4.78 is 0. The molecule has 0 atom stereocenters. The van der Waals surface area contributed by atoms with E-state index in [0.29, 0.717) is 23.5 Å². The van der Waals surface area contributed by atoms with Crippen molar-refractivity contribution in [2.24, 2.45) is 0 Å². The summed E-state index contributed by atoms with van der Waals surface area (Å²) in [6.45, 7) is 1.73. The molecule has 0 N–H and O–H groups in total. The van der Waals surface area contributed by atoms with Crippen LogP contribution in [0.1, 0.15) is 16.2 Å². The summed E-state index contributed by atoms with van der Waals surface area (Å²) in [4.78, 5) is 24.0. The number of carbonyl (C=O) groups is 1. The van der Waals surface area contributed by atoms with Crippen LogP contribution in [0.2, 0.25) is 5.15 Å². The van der Waals surface area contributed by atoms with Gasteiger partial charge in [-0.15, -0.1) is 0 Å². The third-order valence-corrected chi connectivity index (χ3v) is 3.26. The standard InChI is InChI=1S/C15H10ClN3O/c1-9-17-14(11(8-20)15(16)18-9)13-7-6-10-4-2-3-5-12(10)19-13/h2-8H,1H3. The van der Waals surface area contributed by atoms with Crippen LogP contribution in [0.5, 0.6) is 0 Å². The number of rotatable bonds is 2. The Labute approximate surface area is 120 Å². The number of fused-ring (bicyclic) bond motifs is 1. The van der Waals surface area contributed by atoms with E-state index in [1.54, 1.807) is 6.92 Å². The van der Waals surface area contributed by atoms with Gasteiger partial charge in [0.25, 0.3) is 0 Å². The molecule has 2 heterocycles. The van der Waals surface area contributed by atoms with Crippen LogP contribution in [0.3, 0.4) is 0 Å². The minimum atomic E-state index is 0.150. The molecule has 0 aliphatic rings. The third kappa shape index (κ3) is 2.14. The fraction of sp³-hybridized carbons (Fsp3) is 0.0667. The Morgan fingerprint density at radius 2 is 1.85 bits per heavy atom. The van der Waals surface area contributed by atoms with Crippen molar-refractivity contribution in [3.63, 3.8) is 0 Å². The average molecular weight is 284 g/mol. The summed E-state index contributed by atoms with van der Waals surface area (Å²) in [5.41, 5.74) is 2.18. The Kier molecular flexibility index (Phi) is 3.16. The molecule has 3 aromatic rings. The Balaban J connectivity index is 2.27. The highest BCUT2D eigenvalue weighted by molar-refractivity contribution is 6.32. The smallest absolute Gasteiger partial charge is 0.155 e. The maximum atomic E-state index is 11.2. The summed E-state index contributed by atoms with van der Waals surface area (Å²) in [5, 5.41) is 1.18. The zero-order valence-corrected chi connectivity index (χ0v) is 11.4. The SMILES string of the molecule is Cc1nc(Cl)c(C=O)c(-c2ccc3ccccc3n2)n1. The number of nitrogens with zero attached hydrogens (tertiary/aromatic N) is 3. The van der Waals surface area contributed by atoms with Crippen molar-refractivity contribution in [3.8, 4) is 11.4 Å². The van der Waals surface area contributed by atoms with Gasteiger partial charge in [-0.25, -0.2) is 15.0 Å². The van der Waals surface area contributed by atoms with E-state index in [0.717, 1.165) is 10.9 Å². The van der Waals surface area contributed by atoms with Gasteiger partial charge in [0.2, 0.25) is 0 Å². The van der Waals surface area contributed by atoms with E-state index in [1.807, 2.05) is 36.4 Å². The van der Waals surface area contributed by atoms with E-state index in [4.69, 9.17) is 11.6 Å². The molecule has 0 saturated carbocycles. The second-order valence-corrected chi connectivity index (χ2v) is 4.69. The molecular weight excluding hydrogens is 274 g/mol. The van der Waals surface area contributed by atoms with E-state index in [1.165, 1.54) is 0 Å². The van der Waals surface area contributed by atoms with Gasteiger partial charge in [0, 0.05) is 5.39 Å². The lowest BCUT2D eigenvalue weighted by Gasteiger charge is -2.07. The minimum absolute atomic E-state index is 0.150. The summed E-state index contributed by atoms with van der Waals surface area (Å²) in [7, 11) is 0. The van der Waals surface area contributed by atoms with Crippen LogP contribution in [-0.2, 0) is 0 Å². The predicted octanol–water partition coefficient (Wildman–Crippen LogP) is 3.47. The molecule has 0 unspecified atom stereocenters. The van der Waals surface area contributed by atoms with Crippen LogP contribution in [0, 0.1) is 6.92 Å². The molecule has 1 aromatic carbocycles. The first kappa shape index (κ1) is 12.7. The first-order chi connectivity index (χ1) is 9.69. The van der Waals surface area contributed by atoms with E-state index >= 15 is 0 Å². The predicted molar refractivity (Wildman–Crippen MR) is 77.9 cm³/mol. The van der Waals surface area contributed by atoms with Crippen molar-refractivity contribution in [2.75, 3.05) is 0 Å². The molecule has 0 amide bonds. The van der Waals surface area contributed by atoms with Gasteiger partial charge in [0.05, 0.1) is 16.8 Å². The average Bonchev–Trinajstić information content (AvgIpc) is 2.46. The second kappa shape index (κ2) is 4.98. The number of pyridine rings is 1. The van der Waals surface area contributed by atoms with Crippen LogP contribution in [0.25, 0.3) is 22.3 Å². The molecule has 0 bridgehead atoms. The maximum Gasteiger partial charge on any atom is 0.155 e. The number of carbonyl (C=O) groups excluding carboxylic acids is 1. The summed E-state index contributed by atoms with van der Waals surface area (Å²) in [6.07, 6.45) is 0.661. The Hall–Kier alpha value is -2.33. The Bertz CT molecular complexity index is 817. The highest BCUT2D eigenvalue weighted by Gasteiger charge is 2.14. The van der Waals surface area contributed by atoms with E-state index in [9.17, 15) is 4.79 Å². The first-order valence-electron chi connectivity index (χ1n) is 6.04. The summed E-state index contributed by atoms with van der Waals surface area (Å²) in [6, 6.07) is 11.5. The van der Waals surface area contributed by atoms with Gasteiger partial charge in [-0.3, -0.25) is 4.79 Å². The molecule has 2 aromatic heterocycles. The van der Waals surface area contributed by atoms with Gasteiger partial charge in [0.15, 0.2) is 6.29 Å². The molecular formula is C15H10ClN3O. The first-order valence-corrected chi connectivity index (χ1v) is 6.42. The second-order valence-electron chi connectivity index (χ2n) is 4.33. The van der Waals surface area contributed by atoms with Crippen LogP contribution >= 0.6 is 11.6 Å². The van der Waals surface area contributed by atoms with Gasteiger partial charge >= 0.3 is 0 Å². The van der Waals surface area contributed by atoms with E-state index in [-0.39, 0.29) is 10.7 Å². The summed E-state index contributed by atoms with van der Waals surface area (Å²) >= 11 is 5.99. The molecule has 0 fully saturated rings. The van der Waals surface area contributed by atoms with Crippen molar-refractivity contribution in [2.45, 2.75) is 6.92 Å². The lowest BCUT2D eigenvalue weighted by molar-refractivity contribution is 0.112. The molecule has 0 aliphatic heterocycles. The molecule has 20 heavy (non-hydrogen) atoms. The largest absolute Gasteiger partial charge is 0.298 e. The van der Waals surface area contributed by atoms with Crippen molar-refractivity contribution >= 4 is 28.8 Å². The number of para-hydroxylation sites is 1. The molecule has 5 heteroatoms. The fourth-order valence-electron chi connectivity index (χ4n) is 2.04. The zero-order valence-electron chi connectivity index (χ0n) is 10.7.